The van der Waals surface area contributed by atoms with Gasteiger partial charge >= 0.3 is 0 Å². The number of fused-ring (bicyclic) bond motifs is 11. The van der Waals surface area contributed by atoms with Crippen molar-refractivity contribution in [1.29, 1.82) is 0 Å². The molecule has 0 saturated heterocycles. The predicted octanol–water partition coefficient (Wildman–Crippen LogP) is 12.7. The van der Waals surface area contributed by atoms with E-state index in [4.69, 9.17) is 9.47 Å². The van der Waals surface area contributed by atoms with Gasteiger partial charge in [-0.1, -0.05) is 105 Å². The summed E-state index contributed by atoms with van der Waals surface area (Å²) in [6.07, 6.45) is 34.6. The van der Waals surface area contributed by atoms with Crippen LogP contribution in [0.5, 0.6) is 0 Å². The van der Waals surface area contributed by atoms with Crippen LogP contribution in [0.3, 0.4) is 0 Å². The Morgan fingerprint density at radius 3 is 0.841 bits per heavy atom. The van der Waals surface area contributed by atoms with E-state index in [-0.39, 0.29) is 22.4 Å². The number of rotatable bonds is 20. The highest BCUT2D eigenvalue weighted by Crippen LogP contribution is 2.61. The number of benzene rings is 2. The fourth-order valence-electron chi connectivity index (χ4n) is 8.99. The van der Waals surface area contributed by atoms with Gasteiger partial charge in [-0.25, -0.2) is 0 Å². The maximum atomic E-state index is 7.25. The maximum absolute atomic E-state index is 7.25. The third-order valence-corrected chi connectivity index (χ3v) is 11.5. The van der Waals surface area contributed by atoms with E-state index in [9.17, 15) is 0 Å². The summed E-state index contributed by atoms with van der Waals surface area (Å²) in [5.41, 5.74) is 4.78. The molecule has 240 valence electrons. The zero-order valence-corrected chi connectivity index (χ0v) is 28.6. The summed E-state index contributed by atoms with van der Waals surface area (Å²) in [7, 11) is 0. The van der Waals surface area contributed by atoms with Gasteiger partial charge in [0, 0.05) is 0 Å². The highest BCUT2D eigenvalue weighted by molar-refractivity contribution is 5.88. The van der Waals surface area contributed by atoms with Crippen LogP contribution in [0, 0.1) is 0 Å². The lowest BCUT2D eigenvalue weighted by molar-refractivity contribution is -0.0808. The molecular weight excluding hydrogens is 536 g/mol. The largest absolute Gasteiger partial charge is 0.351 e. The molecule has 4 aliphatic rings. The lowest BCUT2D eigenvalue weighted by atomic mass is 9.74. The number of hydrogen-bond donors (Lipinski definition) is 0. The third-order valence-electron chi connectivity index (χ3n) is 11.5. The van der Waals surface area contributed by atoms with Crippen molar-refractivity contribution in [1.82, 2.24) is 0 Å². The maximum Gasteiger partial charge on any atom is 0.113 e. The molecule has 2 heteroatoms. The van der Waals surface area contributed by atoms with Crippen molar-refractivity contribution in [2.45, 2.75) is 179 Å². The van der Waals surface area contributed by atoms with Crippen molar-refractivity contribution in [2.24, 2.45) is 0 Å². The molecule has 4 heterocycles. The SMILES string of the molecule is CCCCCCC12C=CC(CCCCCC)(O1)c1cc3cc4c(cc3cc12)C1(CCCCCC)C=CC4(CCCCCC)O1. The van der Waals surface area contributed by atoms with Gasteiger partial charge in [-0.15, -0.1) is 0 Å². The first-order valence-corrected chi connectivity index (χ1v) is 18.9. The minimum Gasteiger partial charge on any atom is -0.351 e. The van der Waals surface area contributed by atoms with E-state index < -0.39 is 0 Å². The lowest BCUT2D eigenvalue weighted by Gasteiger charge is -2.26. The van der Waals surface area contributed by atoms with Crippen molar-refractivity contribution in [3.63, 3.8) is 0 Å². The van der Waals surface area contributed by atoms with Crippen LogP contribution in [-0.2, 0) is 31.9 Å². The van der Waals surface area contributed by atoms with Crippen LogP contribution >= 0.6 is 0 Å². The zero-order valence-electron chi connectivity index (χ0n) is 28.6. The monoisotopic (exact) mass is 596 g/mol. The standard InChI is InChI=1S/C42H60O2/c1-5-9-13-17-21-39-25-26-40(43-39,22-18-14-10-6-2)36-30-34-32-38-37(31-33(34)29-35(36)39)41(23-19-15-11-7-3)27-28-42(38,44-41)24-20-16-12-8-4/h25-32H,5-24H2,1-4H3. The highest BCUT2D eigenvalue weighted by Gasteiger charge is 2.57. The second-order valence-electron chi connectivity index (χ2n) is 14.8. The molecule has 2 aromatic carbocycles. The Bertz CT molecular complexity index is 1160. The normalized spacial score (nSPS) is 28.9. The van der Waals surface area contributed by atoms with Crippen molar-refractivity contribution in [2.75, 3.05) is 0 Å². The Morgan fingerprint density at radius 2 is 0.614 bits per heavy atom. The summed E-state index contributed by atoms with van der Waals surface area (Å²) >= 11 is 0. The number of ether oxygens (including phenoxy) is 2. The van der Waals surface area contributed by atoms with Gasteiger partial charge in [0.2, 0.25) is 0 Å². The summed E-state index contributed by atoms with van der Waals surface area (Å²) in [6, 6.07) is 10.2. The molecule has 0 aromatic heterocycles. The van der Waals surface area contributed by atoms with Crippen LogP contribution in [0.25, 0.3) is 10.8 Å². The summed E-state index contributed by atoms with van der Waals surface area (Å²) in [5.74, 6) is 0. The van der Waals surface area contributed by atoms with Crippen molar-refractivity contribution in [3.05, 3.63) is 70.8 Å². The van der Waals surface area contributed by atoms with Crippen molar-refractivity contribution < 1.29 is 9.47 Å². The van der Waals surface area contributed by atoms with Gasteiger partial charge in [0.15, 0.2) is 0 Å². The summed E-state index contributed by atoms with van der Waals surface area (Å²) in [6.45, 7) is 9.22. The summed E-state index contributed by atoms with van der Waals surface area (Å²) < 4.78 is 14.5. The molecule has 0 spiro atoms. The van der Waals surface area contributed by atoms with Crippen molar-refractivity contribution >= 4 is 10.8 Å². The molecule has 0 N–H and O–H groups in total. The van der Waals surface area contributed by atoms with E-state index in [1.807, 2.05) is 0 Å². The second kappa shape index (κ2) is 13.4. The van der Waals surface area contributed by atoms with Gasteiger partial charge in [0.05, 0.1) is 0 Å². The molecule has 4 aliphatic heterocycles. The van der Waals surface area contributed by atoms with Gasteiger partial charge in [-0.05, 0) is 133 Å². The molecule has 6 rings (SSSR count). The quantitative estimate of drug-likeness (QED) is 0.112. The summed E-state index contributed by atoms with van der Waals surface area (Å²) in [4.78, 5) is 0. The fourth-order valence-corrected chi connectivity index (χ4v) is 8.99. The van der Waals surface area contributed by atoms with Gasteiger partial charge in [-0.2, -0.15) is 0 Å². The molecular formula is C42H60O2. The molecule has 2 nitrogen and oxygen atoms in total. The Balaban J connectivity index is 1.38. The third kappa shape index (κ3) is 5.66. The summed E-state index contributed by atoms with van der Waals surface area (Å²) in [5, 5.41) is 2.75. The Labute approximate surface area is 269 Å². The average molecular weight is 597 g/mol. The lowest BCUT2D eigenvalue weighted by Crippen LogP contribution is -2.24. The van der Waals surface area contributed by atoms with E-state index >= 15 is 0 Å². The van der Waals surface area contributed by atoms with E-state index in [1.54, 1.807) is 0 Å². The molecule has 44 heavy (non-hydrogen) atoms. The van der Waals surface area contributed by atoms with Crippen LogP contribution in [0.2, 0.25) is 0 Å². The van der Waals surface area contributed by atoms with E-state index in [0.29, 0.717) is 0 Å². The molecule has 4 bridgehead atoms. The predicted molar refractivity (Wildman–Crippen MR) is 186 cm³/mol. The van der Waals surface area contributed by atoms with Gasteiger partial charge < -0.3 is 9.47 Å². The number of hydrogen-bond acceptors (Lipinski definition) is 2. The van der Waals surface area contributed by atoms with E-state index in [2.05, 4.69) is 76.3 Å². The fraction of sp³-hybridized carbons (Fsp3) is 0.667. The van der Waals surface area contributed by atoms with Gasteiger partial charge in [0.1, 0.15) is 22.4 Å². The zero-order chi connectivity index (χ0) is 30.7. The molecule has 0 saturated carbocycles. The second-order valence-corrected chi connectivity index (χ2v) is 14.8. The Kier molecular flexibility index (Phi) is 9.80. The minimum absolute atomic E-state index is 0.255. The van der Waals surface area contributed by atoms with Crippen LogP contribution < -0.4 is 0 Å². The van der Waals surface area contributed by atoms with Crippen LogP contribution in [0.15, 0.2) is 48.6 Å². The first-order valence-electron chi connectivity index (χ1n) is 18.9. The van der Waals surface area contributed by atoms with Gasteiger partial charge in [0.25, 0.3) is 0 Å². The minimum atomic E-state index is -0.255. The molecule has 4 unspecified atom stereocenters. The Hall–Kier alpha value is -1.90. The molecule has 0 aliphatic carbocycles. The number of unbranched alkanes of at least 4 members (excludes halogenated alkanes) is 12. The van der Waals surface area contributed by atoms with Crippen LogP contribution in [-0.4, -0.2) is 0 Å². The molecule has 0 amide bonds. The first kappa shape index (κ1) is 32.1. The molecule has 4 atom stereocenters. The topological polar surface area (TPSA) is 18.5 Å². The molecule has 0 radical (unpaired) electrons. The van der Waals surface area contributed by atoms with Crippen LogP contribution in [0.1, 0.15) is 178 Å². The Morgan fingerprint density at radius 1 is 0.364 bits per heavy atom. The molecule has 2 aromatic rings. The smallest absolute Gasteiger partial charge is 0.113 e. The first-order chi connectivity index (χ1) is 21.5. The van der Waals surface area contributed by atoms with Gasteiger partial charge in [-0.3, -0.25) is 0 Å². The van der Waals surface area contributed by atoms with E-state index in [1.165, 1.54) is 136 Å². The van der Waals surface area contributed by atoms with E-state index in [0.717, 1.165) is 25.7 Å². The van der Waals surface area contributed by atoms with Crippen molar-refractivity contribution in [3.8, 4) is 0 Å². The highest BCUT2D eigenvalue weighted by atomic mass is 16.5. The molecule has 0 fully saturated rings. The van der Waals surface area contributed by atoms with Crippen LogP contribution in [0.4, 0.5) is 0 Å². The average Bonchev–Trinajstić information content (AvgIpc) is 3.75.